The Morgan fingerprint density at radius 3 is 2.74 bits per heavy atom. The number of aliphatic hydroxyl groups excluding tert-OH is 1. The van der Waals surface area contributed by atoms with Gasteiger partial charge in [0.1, 0.15) is 28.2 Å². The summed E-state index contributed by atoms with van der Waals surface area (Å²) in [7, 11) is 0. The quantitative estimate of drug-likeness (QED) is 0.140. The van der Waals surface area contributed by atoms with Gasteiger partial charge in [0.15, 0.2) is 5.13 Å². The topological polar surface area (TPSA) is 115 Å². The number of anilines is 1. The molecule has 9 nitrogen and oxygen atoms in total. The number of hydrogen-bond donors (Lipinski definition) is 1. The predicted octanol–water partition coefficient (Wildman–Crippen LogP) is 6.00. The van der Waals surface area contributed by atoms with Crippen LogP contribution in [0.15, 0.2) is 48.0 Å². The van der Waals surface area contributed by atoms with E-state index < -0.39 is 23.7 Å². The first-order valence-corrected chi connectivity index (χ1v) is 14.9. The maximum absolute atomic E-state index is 13.7. The average Bonchev–Trinajstić information content (AvgIpc) is 3.60. The number of hydrogen-bond acceptors (Lipinski definition) is 9. The minimum Gasteiger partial charge on any atom is -0.507 e. The fraction of sp³-hybridized carbons (Fsp3) is 0.375. The van der Waals surface area contributed by atoms with Crippen molar-refractivity contribution in [3.63, 3.8) is 0 Å². The average molecular weight is 591 g/mol. The summed E-state index contributed by atoms with van der Waals surface area (Å²) in [6.07, 6.45) is 1.53. The molecule has 1 fully saturated rings. The SMILES string of the molecule is CCOC(=O)c1sc(N2C(=O)C(=O)/C(=C(/O)c3ccc4c(c3)C[C@H](C)O4)[C@@H]2c2cccc(OCCC(C)C)c2)nc1C. The van der Waals surface area contributed by atoms with Gasteiger partial charge < -0.3 is 19.3 Å². The van der Waals surface area contributed by atoms with Crippen LogP contribution in [0.2, 0.25) is 0 Å². The van der Waals surface area contributed by atoms with Crippen molar-refractivity contribution in [1.29, 1.82) is 0 Å². The number of fused-ring (bicyclic) bond motifs is 1. The summed E-state index contributed by atoms with van der Waals surface area (Å²) < 4.78 is 16.9. The van der Waals surface area contributed by atoms with Gasteiger partial charge in [-0.2, -0.15) is 0 Å². The molecule has 1 amide bonds. The highest BCUT2D eigenvalue weighted by atomic mass is 32.1. The molecule has 2 aliphatic rings. The Kier molecular flexibility index (Phi) is 8.36. The highest BCUT2D eigenvalue weighted by Crippen LogP contribution is 2.45. The van der Waals surface area contributed by atoms with E-state index in [0.29, 0.717) is 41.5 Å². The van der Waals surface area contributed by atoms with Crippen LogP contribution in [-0.4, -0.2) is 47.1 Å². The van der Waals surface area contributed by atoms with Gasteiger partial charge in [-0.25, -0.2) is 9.78 Å². The van der Waals surface area contributed by atoms with Gasteiger partial charge >= 0.3 is 11.9 Å². The van der Waals surface area contributed by atoms with Crippen molar-refractivity contribution < 1.29 is 33.7 Å². The minimum absolute atomic E-state index is 0.00292. The van der Waals surface area contributed by atoms with E-state index in [1.165, 1.54) is 4.90 Å². The second-order valence-corrected chi connectivity index (χ2v) is 11.8. The zero-order valence-corrected chi connectivity index (χ0v) is 25.1. The normalized spacial score (nSPS) is 19.2. The standard InChI is InChI=1S/C32H34N2O7S/c1-6-39-31(38)29-19(5)33-32(42-29)34-26(20-8-7-9-23(16-20)40-13-12-17(2)3)25(28(36)30(34)37)27(35)21-10-11-24-22(15-21)14-18(4)41-24/h7-11,15-18,26,35H,6,12-14H2,1-5H3/b27-25+/t18-,26-/m0/s1. The van der Waals surface area contributed by atoms with Crippen molar-refractivity contribution in [2.24, 2.45) is 5.92 Å². The summed E-state index contributed by atoms with van der Waals surface area (Å²) >= 11 is 0.972. The van der Waals surface area contributed by atoms with Crippen molar-refractivity contribution in [1.82, 2.24) is 4.98 Å². The molecule has 2 aromatic carbocycles. The Bertz CT molecular complexity index is 1570. The smallest absolute Gasteiger partial charge is 0.350 e. The number of ketones is 1. The number of aromatic nitrogens is 1. The number of Topliss-reactive ketones (excluding diaryl/α,β-unsaturated/α-hetero) is 1. The molecule has 0 saturated carbocycles. The van der Waals surface area contributed by atoms with E-state index in [1.54, 1.807) is 50.2 Å². The molecule has 1 saturated heterocycles. The third-order valence-corrected chi connectivity index (χ3v) is 8.34. The summed E-state index contributed by atoms with van der Waals surface area (Å²) in [5, 5.41) is 11.8. The Balaban J connectivity index is 1.63. The van der Waals surface area contributed by atoms with Crippen LogP contribution in [0.25, 0.3) is 5.76 Å². The maximum Gasteiger partial charge on any atom is 0.350 e. The first-order valence-electron chi connectivity index (χ1n) is 14.1. The van der Waals surface area contributed by atoms with E-state index in [2.05, 4.69) is 18.8 Å². The number of aryl methyl sites for hydroxylation is 1. The van der Waals surface area contributed by atoms with Gasteiger partial charge in [0.05, 0.1) is 30.5 Å². The molecule has 0 unspecified atom stereocenters. The van der Waals surface area contributed by atoms with Crippen LogP contribution in [0.1, 0.15) is 72.2 Å². The molecular formula is C32H34N2O7S. The van der Waals surface area contributed by atoms with Crippen molar-refractivity contribution in [3.8, 4) is 11.5 Å². The van der Waals surface area contributed by atoms with E-state index in [1.807, 2.05) is 13.0 Å². The van der Waals surface area contributed by atoms with Crippen LogP contribution < -0.4 is 14.4 Å². The van der Waals surface area contributed by atoms with E-state index in [9.17, 15) is 19.5 Å². The lowest BCUT2D eigenvalue weighted by molar-refractivity contribution is -0.132. The Morgan fingerprint density at radius 1 is 1.21 bits per heavy atom. The number of ether oxygens (including phenoxy) is 3. The number of carbonyl (C=O) groups is 3. The summed E-state index contributed by atoms with van der Waals surface area (Å²) in [4.78, 5) is 45.8. The Hall–Kier alpha value is -4.18. The van der Waals surface area contributed by atoms with Gasteiger partial charge in [0, 0.05) is 12.0 Å². The molecule has 10 heteroatoms. The number of rotatable bonds is 9. The van der Waals surface area contributed by atoms with Gasteiger partial charge in [-0.15, -0.1) is 0 Å². The fourth-order valence-electron chi connectivity index (χ4n) is 5.13. The maximum atomic E-state index is 13.7. The lowest BCUT2D eigenvalue weighted by Crippen LogP contribution is -2.29. The Labute approximate surface area is 248 Å². The number of carbonyl (C=O) groups excluding carboxylic acids is 3. The van der Waals surface area contributed by atoms with Crippen LogP contribution in [0.3, 0.4) is 0 Å². The van der Waals surface area contributed by atoms with E-state index in [0.717, 1.165) is 29.1 Å². The molecule has 0 aliphatic carbocycles. The number of nitrogens with zero attached hydrogens (tertiary/aromatic N) is 2. The van der Waals surface area contributed by atoms with Crippen LogP contribution >= 0.6 is 11.3 Å². The molecule has 0 spiro atoms. The van der Waals surface area contributed by atoms with Crippen molar-refractivity contribution in [2.45, 2.75) is 59.6 Å². The van der Waals surface area contributed by atoms with Crippen molar-refractivity contribution >= 4 is 39.9 Å². The molecular weight excluding hydrogens is 556 g/mol. The number of amides is 1. The molecule has 220 valence electrons. The zero-order valence-electron chi connectivity index (χ0n) is 24.3. The molecule has 42 heavy (non-hydrogen) atoms. The van der Waals surface area contributed by atoms with Gasteiger partial charge in [0.25, 0.3) is 5.78 Å². The molecule has 5 rings (SSSR count). The molecule has 1 N–H and O–H groups in total. The number of aliphatic hydroxyl groups is 1. The largest absolute Gasteiger partial charge is 0.507 e. The first-order chi connectivity index (χ1) is 20.1. The van der Waals surface area contributed by atoms with E-state index >= 15 is 0 Å². The van der Waals surface area contributed by atoms with Crippen LogP contribution in [0.5, 0.6) is 11.5 Å². The predicted molar refractivity (Wildman–Crippen MR) is 159 cm³/mol. The van der Waals surface area contributed by atoms with Gasteiger partial charge in [-0.3, -0.25) is 14.5 Å². The molecule has 2 atom stereocenters. The van der Waals surface area contributed by atoms with Gasteiger partial charge in [-0.1, -0.05) is 37.3 Å². The molecule has 0 radical (unpaired) electrons. The van der Waals surface area contributed by atoms with Crippen LogP contribution in [0.4, 0.5) is 5.13 Å². The molecule has 1 aromatic heterocycles. The lowest BCUT2D eigenvalue weighted by atomic mass is 9.94. The van der Waals surface area contributed by atoms with Gasteiger partial charge in [-0.05, 0) is 74.6 Å². The third kappa shape index (κ3) is 5.63. The number of benzene rings is 2. The van der Waals surface area contributed by atoms with Crippen LogP contribution in [-0.2, 0) is 20.7 Å². The molecule has 0 bridgehead atoms. The van der Waals surface area contributed by atoms with Crippen molar-refractivity contribution in [3.05, 3.63) is 75.3 Å². The van der Waals surface area contributed by atoms with Gasteiger partial charge in [0.2, 0.25) is 0 Å². The fourth-order valence-corrected chi connectivity index (χ4v) is 6.12. The molecule has 2 aliphatic heterocycles. The lowest BCUT2D eigenvalue weighted by Gasteiger charge is -2.23. The summed E-state index contributed by atoms with van der Waals surface area (Å²) in [6, 6.07) is 11.3. The summed E-state index contributed by atoms with van der Waals surface area (Å²) in [6.45, 7) is 10.2. The minimum atomic E-state index is -1.01. The summed E-state index contributed by atoms with van der Waals surface area (Å²) in [5.41, 5.74) is 2.18. The molecule has 3 heterocycles. The third-order valence-electron chi connectivity index (χ3n) is 7.20. The zero-order chi connectivity index (χ0) is 30.1. The number of esters is 1. The monoisotopic (exact) mass is 590 g/mol. The van der Waals surface area contributed by atoms with Crippen LogP contribution in [0, 0.1) is 12.8 Å². The Morgan fingerprint density at radius 2 is 2.00 bits per heavy atom. The second-order valence-electron chi connectivity index (χ2n) is 10.9. The first kappa shape index (κ1) is 29.3. The number of thiazole rings is 1. The highest BCUT2D eigenvalue weighted by molar-refractivity contribution is 7.17. The highest BCUT2D eigenvalue weighted by Gasteiger charge is 2.48. The van der Waals surface area contributed by atoms with Crippen molar-refractivity contribution in [2.75, 3.05) is 18.1 Å². The van der Waals surface area contributed by atoms with E-state index in [4.69, 9.17) is 14.2 Å². The molecule has 3 aromatic rings. The second kappa shape index (κ2) is 12.0. The summed E-state index contributed by atoms with van der Waals surface area (Å²) in [5.74, 6) is -0.788. The van der Waals surface area contributed by atoms with E-state index in [-0.39, 0.29) is 34.1 Å².